The van der Waals surface area contributed by atoms with E-state index in [1.54, 1.807) is 12.1 Å². The highest BCUT2D eigenvalue weighted by Crippen LogP contribution is 2.23. The molecule has 2 aromatic rings. The van der Waals surface area contributed by atoms with Gasteiger partial charge in [0.25, 0.3) is 0 Å². The number of guanidine groups is 1. The highest BCUT2D eigenvalue weighted by Gasteiger charge is 2.23. The van der Waals surface area contributed by atoms with Gasteiger partial charge in [0.1, 0.15) is 5.82 Å². The molecule has 0 aliphatic carbocycles. The van der Waals surface area contributed by atoms with Crippen molar-refractivity contribution in [3.8, 4) is 0 Å². The van der Waals surface area contributed by atoms with Gasteiger partial charge in [0.2, 0.25) is 0 Å². The first-order valence-corrected chi connectivity index (χ1v) is 11.0. The third kappa shape index (κ3) is 8.31. The Morgan fingerprint density at radius 1 is 1.09 bits per heavy atom. The molecule has 6 nitrogen and oxygen atoms in total. The van der Waals surface area contributed by atoms with Crippen LogP contribution in [-0.4, -0.2) is 61.9 Å². The van der Waals surface area contributed by atoms with Crippen molar-refractivity contribution in [2.75, 3.05) is 45.9 Å². The zero-order chi connectivity index (χ0) is 21.9. The molecule has 2 aromatic carbocycles. The van der Waals surface area contributed by atoms with Gasteiger partial charge in [0.05, 0.1) is 31.9 Å². The van der Waals surface area contributed by atoms with Gasteiger partial charge in [-0.1, -0.05) is 42.5 Å². The third-order valence-corrected chi connectivity index (χ3v) is 5.38. The molecular formula is C24H34FIN4O2. The van der Waals surface area contributed by atoms with Crippen LogP contribution < -0.4 is 10.6 Å². The van der Waals surface area contributed by atoms with Gasteiger partial charge in [-0.3, -0.25) is 9.89 Å². The second-order valence-electron chi connectivity index (χ2n) is 7.58. The summed E-state index contributed by atoms with van der Waals surface area (Å²) < 4.78 is 19.4. The summed E-state index contributed by atoms with van der Waals surface area (Å²) >= 11 is 0. The number of hydrogen-bond acceptors (Lipinski definition) is 4. The maximum Gasteiger partial charge on any atom is 0.191 e. The number of aliphatic hydroxyl groups excluding tert-OH is 1. The van der Waals surface area contributed by atoms with Crippen LogP contribution in [-0.2, 0) is 4.74 Å². The molecule has 1 saturated heterocycles. The first-order valence-electron chi connectivity index (χ1n) is 11.0. The third-order valence-electron chi connectivity index (χ3n) is 5.38. The van der Waals surface area contributed by atoms with E-state index in [1.807, 2.05) is 43.3 Å². The van der Waals surface area contributed by atoms with Crippen molar-refractivity contribution in [1.82, 2.24) is 15.5 Å². The minimum absolute atomic E-state index is 0. The van der Waals surface area contributed by atoms with Gasteiger partial charge in [-0.2, -0.15) is 0 Å². The smallest absolute Gasteiger partial charge is 0.191 e. The van der Waals surface area contributed by atoms with E-state index in [9.17, 15) is 9.50 Å². The number of benzene rings is 2. The van der Waals surface area contributed by atoms with Gasteiger partial charge in [-0.05, 0) is 36.6 Å². The second-order valence-corrected chi connectivity index (χ2v) is 7.58. The number of hydrogen-bond donors (Lipinski definition) is 3. The predicted octanol–water partition coefficient (Wildman–Crippen LogP) is 3.50. The molecule has 3 N–H and O–H groups in total. The Hall–Kier alpha value is -1.75. The molecule has 176 valence electrons. The molecule has 0 amide bonds. The lowest BCUT2D eigenvalue weighted by Gasteiger charge is -2.34. The summed E-state index contributed by atoms with van der Waals surface area (Å²) in [5.41, 5.74) is 1.82. The van der Waals surface area contributed by atoms with Crippen molar-refractivity contribution < 1.29 is 14.2 Å². The van der Waals surface area contributed by atoms with E-state index in [0.29, 0.717) is 38.7 Å². The summed E-state index contributed by atoms with van der Waals surface area (Å²) in [4.78, 5) is 7.07. The lowest BCUT2D eigenvalue weighted by atomic mass is 10.0. The van der Waals surface area contributed by atoms with Crippen LogP contribution in [0.3, 0.4) is 0 Å². The highest BCUT2D eigenvalue weighted by atomic mass is 127. The molecule has 1 heterocycles. The molecule has 0 spiro atoms. The van der Waals surface area contributed by atoms with Crippen LogP contribution in [0.25, 0.3) is 0 Å². The molecule has 1 aliphatic heterocycles. The fourth-order valence-corrected chi connectivity index (χ4v) is 3.72. The fourth-order valence-electron chi connectivity index (χ4n) is 3.72. The van der Waals surface area contributed by atoms with E-state index in [-0.39, 0.29) is 35.8 Å². The van der Waals surface area contributed by atoms with Crippen molar-refractivity contribution >= 4 is 29.9 Å². The van der Waals surface area contributed by atoms with Crippen LogP contribution >= 0.6 is 24.0 Å². The summed E-state index contributed by atoms with van der Waals surface area (Å²) in [6.45, 7) is 6.77. The Kier molecular flexibility index (Phi) is 11.9. The molecule has 8 heteroatoms. The lowest BCUT2D eigenvalue weighted by molar-refractivity contribution is 0.0179. The molecule has 3 rings (SSSR count). The number of aliphatic hydroxyl groups is 1. The standard InChI is InChI=1S/C24H33FN4O2.HI/c1-2-26-24(27-12-11-23(30)19-7-4-3-5-8-19)28-18-22(29-13-15-31-16-14-29)20-9-6-10-21(25)17-20;/h3-10,17,22-23,30H,2,11-16,18H2,1H3,(H2,26,27,28);1H. The number of halogens is 2. The zero-order valence-corrected chi connectivity index (χ0v) is 20.9. The van der Waals surface area contributed by atoms with Crippen molar-refractivity contribution in [3.05, 3.63) is 71.5 Å². The summed E-state index contributed by atoms with van der Waals surface area (Å²) in [6, 6.07) is 16.4. The average Bonchev–Trinajstić information content (AvgIpc) is 2.80. The fraction of sp³-hybridized carbons (Fsp3) is 0.458. The Balaban J connectivity index is 0.00000363. The van der Waals surface area contributed by atoms with E-state index < -0.39 is 6.10 Å². The Labute approximate surface area is 207 Å². The SMILES string of the molecule is CCNC(=NCC(c1cccc(F)c1)N1CCOCC1)NCCC(O)c1ccccc1.I. The Morgan fingerprint density at radius 3 is 2.50 bits per heavy atom. The van der Waals surface area contributed by atoms with Crippen LogP contribution in [0.15, 0.2) is 59.6 Å². The second kappa shape index (κ2) is 14.4. The summed E-state index contributed by atoms with van der Waals surface area (Å²) in [5.74, 6) is 0.456. The number of rotatable bonds is 9. The van der Waals surface area contributed by atoms with Crippen LogP contribution in [0.4, 0.5) is 4.39 Å². The van der Waals surface area contributed by atoms with E-state index in [4.69, 9.17) is 9.73 Å². The molecule has 2 unspecified atom stereocenters. The number of nitrogens with zero attached hydrogens (tertiary/aromatic N) is 2. The molecule has 0 aromatic heterocycles. The average molecular weight is 556 g/mol. The monoisotopic (exact) mass is 556 g/mol. The normalized spacial score (nSPS) is 16.7. The quantitative estimate of drug-likeness (QED) is 0.251. The van der Waals surface area contributed by atoms with Crippen molar-refractivity contribution in [2.45, 2.75) is 25.5 Å². The summed E-state index contributed by atoms with van der Waals surface area (Å²) in [5, 5.41) is 16.9. The van der Waals surface area contributed by atoms with Crippen LogP contribution in [0, 0.1) is 5.82 Å². The molecule has 1 fully saturated rings. The number of nitrogens with one attached hydrogen (secondary N) is 2. The Morgan fingerprint density at radius 2 is 1.81 bits per heavy atom. The molecule has 1 aliphatic rings. The van der Waals surface area contributed by atoms with E-state index in [1.165, 1.54) is 6.07 Å². The van der Waals surface area contributed by atoms with E-state index in [2.05, 4.69) is 15.5 Å². The topological polar surface area (TPSA) is 69.1 Å². The van der Waals surface area contributed by atoms with Gasteiger partial charge in [0, 0.05) is 26.2 Å². The van der Waals surface area contributed by atoms with Gasteiger partial charge in [0.15, 0.2) is 5.96 Å². The van der Waals surface area contributed by atoms with E-state index in [0.717, 1.165) is 30.8 Å². The molecule has 32 heavy (non-hydrogen) atoms. The molecule has 2 atom stereocenters. The Bertz CT molecular complexity index is 819. The number of ether oxygens (including phenoxy) is 1. The first kappa shape index (κ1) is 26.5. The maximum absolute atomic E-state index is 13.9. The molecular weight excluding hydrogens is 522 g/mol. The van der Waals surface area contributed by atoms with Crippen molar-refractivity contribution in [1.29, 1.82) is 0 Å². The van der Waals surface area contributed by atoms with Gasteiger partial charge in [-0.15, -0.1) is 24.0 Å². The first-order chi connectivity index (χ1) is 15.2. The van der Waals surface area contributed by atoms with Gasteiger partial charge >= 0.3 is 0 Å². The summed E-state index contributed by atoms with van der Waals surface area (Å²) in [6.07, 6.45) is 0.0514. The summed E-state index contributed by atoms with van der Waals surface area (Å²) in [7, 11) is 0. The van der Waals surface area contributed by atoms with Gasteiger partial charge in [-0.25, -0.2) is 4.39 Å². The largest absolute Gasteiger partial charge is 0.388 e. The van der Waals surface area contributed by atoms with Crippen LogP contribution in [0.1, 0.15) is 36.6 Å². The minimum atomic E-state index is -0.523. The molecule has 0 radical (unpaired) electrons. The predicted molar refractivity (Wildman–Crippen MR) is 137 cm³/mol. The zero-order valence-electron chi connectivity index (χ0n) is 18.5. The minimum Gasteiger partial charge on any atom is -0.388 e. The van der Waals surface area contributed by atoms with Crippen LogP contribution in [0.2, 0.25) is 0 Å². The highest BCUT2D eigenvalue weighted by molar-refractivity contribution is 14.0. The number of aliphatic imine (C=N–C) groups is 1. The van der Waals surface area contributed by atoms with Crippen LogP contribution in [0.5, 0.6) is 0 Å². The number of morpholine rings is 1. The molecule has 0 saturated carbocycles. The molecule has 0 bridgehead atoms. The lowest BCUT2D eigenvalue weighted by Crippen LogP contribution is -2.42. The van der Waals surface area contributed by atoms with Crippen molar-refractivity contribution in [3.63, 3.8) is 0 Å². The maximum atomic E-state index is 13.9. The van der Waals surface area contributed by atoms with Gasteiger partial charge < -0.3 is 20.5 Å². The van der Waals surface area contributed by atoms with Crippen molar-refractivity contribution in [2.24, 2.45) is 4.99 Å². The van der Waals surface area contributed by atoms with E-state index >= 15 is 0 Å².